The van der Waals surface area contributed by atoms with E-state index in [1.807, 2.05) is 0 Å². The topological polar surface area (TPSA) is 46.5 Å². The second-order valence-electron chi connectivity index (χ2n) is 3.33. The fraction of sp³-hybridized carbons (Fsp3) is 0.250. The van der Waals surface area contributed by atoms with Crippen LogP contribution in [0.3, 0.4) is 0 Å². The average molecular weight is 242 g/mol. The van der Waals surface area contributed by atoms with Gasteiger partial charge in [0.2, 0.25) is 0 Å². The van der Waals surface area contributed by atoms with Gasteiger partial charge in [-0.25, -0.2) is 4.79 Å². The van der Waals surface area contributed by atoms with Gasteiger partial charge >= 0.3 is 11.9 Å². The Morgan fingerprint density at radius 2 is 2.00 bits per heavy atom. The highest BCUT2D eigenvalue weighted by Gasteiger charge is 2.46. The Hall–Kier alpha value is -1.75. The third-order valence-electron chi connectivity index (χ3n) is 2.10. The van der Waals surface area contributed by atoms with Crippen LogP contribution in [0.15, 0.2) is 36.4 Å². The molecule has 0 aliphatic heterocycles. The number of hydrogen-bond donors (Lipinski definition) is 1. The number of methoxy groups -OCH3 is 1. The van der Waals surface area contributed by atoms with Gasteiger partial charge in [0.05, 0.1) is 7.11 Å². The van der Waals surface area contributed by atoms with E-state index in [0.29, 0.717) is 5.56 Å². The van der Waals surface area contributed by atoms with E-state index in [1.165, 1.54) is 6.08 Å². The van der Waals surface area contributed by atoms with Crippen molar-refractivity contribution >= 4 is 12.0 Å². The van der Waals surface area contributed by atoms with Crippen molar-refractivity contribution in [2.75, 3.05) is 7.11 Å². The van der Waals surface area contributed by atoms with Crippen molar-refractivity contribution in [3.63, 3.8) is 0 Å². The Morgan fingerprint density at radius 3 is 2.53 bits per heavy atom. The van der Waals surface area contributed by atoms with Gasteiger partial charge in [-0.3, -0.25) is 0 Å². The minimum absolute atomic E-state index is 0.646. The Bertz CT molecular complexity index is 401. The maximum absolute atomic E-state index is 13.1. The monoisotopic (exact) mass is 242 g/mol. The first-order chi connectivity index (χ1) is 7.98. The lowest BCUT2D eigenvalue weighted by Gasteiger charge is -2.16. The number of rotatable bonds is 4. The van der Waals surface area contributed by atoms with Crippen LogP contribution in [0.4, 0.5) is 8.78 Å². The summed E-state index contributed by atoms with van der Waals surface area (Å²) in [5, 5.41) is 9.20. The molecule has 0 heterocycles. The van der Waals surface area contributed by atoms with Crippen LogP contribution < -0.4 is 0 Å². The molecule has 0 saturated heterocycles. The minimum Gasteiger partial charge on any atom is -0.464 e. The lowest BCUT2D eigenvalue weighted by molar-refractivity contribution is -0.180. The Labute approximate surface area is 97.3 Å². The number of benzene rings is 1. The molecule has 0 aliphatic carbocycles. The number of carbonyl (C=O) groups excluding carboxylic acids is 1. The second-order valence-corrected chi connectivity index (χ2v) is 3.33. The summed E-state index contributed by atoms with van der Waals surface area (Å²) in [7, 11) is 0.837. The molecule has 0 bridgehead atoms. The van der Waals surface area contributed by atoms with E-state index in [-0.39, 0.29) is 0 Å². The predicted octanol–water partition coefficient (Wildman–Crippen LogP) is 1.87. The summed E-state index contributed by atoms with van der Waals surface area (Å²) in [5.74, 6) is -5.71. The number of hydrogen-bond acceptors (Lipinski definition) is 3. The maximum Gasteiger partial charge on any atom is 0.379 e. The number of aliphatic hydroxyl groups is 1. The van der Waals surface area contributed by atoms with Crippen LogP contribution in [0.25, 0.3) is 6.08 Å². The van der Waals surface area contributed by atoms with Gasteiger partial charge in [0.25, 0.3) is 0 Å². The quantitative estimate of drug-likeness (QED) is 0.820. The molecule has 5 heteroatoms. The Kier molecular flexibility index (Phi) is 4.34. The SMILES string of the molecule is COC(=O)C(F)(F)C(O)/C=C/c1ccccc1. The lowest BCUT2D eigenvalue weighted by atomic mass is 10.1. The summed E-state index contributed by atoms with van der Waals surface area (Å²) in [4.78, 5) is 10.7. The van der Waals surface area contributed by atoms with Crippen molar-refractivity contribution in [2.24, 2.45) is 0 Å². The third-order valence-corrected chi connectivity index (χ3v) is 2.10. The number of halogens is 2. The van der Waals surface area contributed by atoms with Crippen LogP contribution in [0.5, 0.6) is 0 Å². The molecule has 0 amide bonds. The van der Waals surface area contributed by atoms with Crippen molar-refractivity contribution < 1.29 is 23.4 Å². The molecule has 1 N–H and O–H groups in total. The summed E-state index contributed by atoms with van der Waals surface area (Å²) in [6.45, 7) is 0. The van der Waals surface area contributed by atoms with Gasteiger partial charge in [0.1, 0.15) is 6.10 Å². The molecule has 1 unspecified atom stereocenters. The minimum atomic E-state index is -3.94. The van der Waals surface area contributed by atoms with Crippen molar-refractivity contribution in [1.82, 2.24) is 0 Å². The zero-order valence-electron chi connectivity index (χ0n) is 9.14. The molecule has 1 aromatic rings. The van der Waals surface area contributed by atoms with Gasteiger partial charge < -0.3 is 9.84 Å². The molecule has 1 atom stereocenters. The van der Waals surface area contributed by atoms with Crippen molar-refractivity contribution in [3.05, 3.63) is 42.0 Å². The number of carbonyl (C=O) groups is 1. The van der Waals surface area contributed by atoms with E-state index in [9.17, 15) is 18.7 Å². The van der Waals surface area contributed by atoms with Crippen LogP contribution in [0, 0.1) is 0 Å². The molecule has 3 nitrogen and oxygen atoms in total. The Balaban J connectivity index is 2.75. The van der Waals surface area contributed by atoms with Crippen molar-refractivity contribution in [1.29, 1.82) is 0 Å². The van der Waals surface area contributed by atoms with E-state index < -0.39 is 18.0 Å². The Morgan fingerprint density at radius 1 is 1.41 bits per heavy atom. The molecule has 17 heavy (non-hydrogen) atoms. The molecule has 1 aromatic carbocycles. The maximum atomic E-state index is 13.1. The van der Waals surface area contributed by atoms with Crippen LogP contribution in [-0.2, 0) is 9.53 Å². The second kappa shape index (κ2) is 5.54. The number of alkyl halides is 2. The average Bonchev–Trinajstić information content (AvgIpc) is 2.35. The molecule has 0 aromatic heterocycles. The first-order valence-corrected chi connectivity index (χ1v) is 4.86. The summed E-state index contributed by atoms with van der Waals surface area (Å²) >= 11 is 0. The fourth-order valence-electron chi connectivity index (χ4n) is 1.14. The third kappa shape index (κ3) is 3.35. The van der Waals surface area contributed by atoms with Gasteiger partial charge in [-0.15, -0.1) is 0 Å². The molecular weight excluding hydrogens is 230 g/mol. The van der Waals surface area contributed by atoms with Crippen molar-refractivity contribution in [2.45, 2.75) is 12.0 Å². The summed E-state index contributed by atoms with van der Waals surface area (Å²) in [6, 6.07) is 8.59. The normalized spacial score (nSPS) is 13.6. The molecule has 0 aliphatic rings. The van der Waals surface area contributed by atoms with Gasteiger partial charge in [-0.1, -0.05) is 36.4 Å². The van der Waals surface area contributed by atoms with Gasteiger partial charge in [-0.2, -0.15) is 8.78 Å². The summed E-state index contributed by atoms with van der Waals surface area (Å²) < 4.78 is 30.2. The smallest absolute Gasteiger partial charge is 0.379 e. The van der Waals surface area contributed by atoms with Crippen LogP contribution in [0.1, 0.15) is 5.56 Å². The highest BCUT2D eigenvalue weighted by atomic mass is 19.3. The molecule has 0 spiro atoms. The van der Waals surface area contributed by atoms with E-state index in [4.69, 9.17) is 0 Å². The highest BCUT2D eigenvalue weighted by molar-refractivity contribution is 5.78. The van der Waals surface area contributed by atoms with Crippen LogP contribution in [0.2, 0.25) is 0 Å². The zero-order chi connectivity index (χ0) is 12.9. The van der Waals surface area contributed by atoms with E-state index in [2.05, 4.69) is 4.74 Å². The number of ether oxygens (including phenoxy) is 1. The van der Waals surface area contributed by atoms with Gasteiger partial charge in [0.15, 0.2) is 0 Å². The molecule has 0 radical (unpaired) electrons. The number of aliphatic hydroxyl groups excluding tert-OH is 1. The summed E-state index contributed by atoms with van der Waals surface area (Å²) in [5.41, 5.74) is 0.646. The molecule has 0 saturated carbocycles. The molecule has 0 fully saturated rings. The van der Waals surface area contributed by atoms with E-state index in [0.717, 1.165) is 13.2 Å². The highest BCUT2D eigenvalue weighted by Crippen LogP contribution is 2.22. The largest absolute Gasteiger partial charge is 0.464 e. The van der Waals surface area contributed by atoms with E-state index in [1.54, 1.807) is 30.3 Å². The molecule has 92 valence electrons. The lowest BCUT2D eigenvalue weighted by Crippen LogP contribution is -2.41. The fourth-order valence-corrected chi connectivity index (χ4v) is 1.14. The standard InChI is InChI=1S/C12H12F2O3/c1-17-11(16)12(13,14)10(15)8-7-9-5-3-2-4-6-9/h2-8,10,15H,1H3/b8-7+. The number of esters is 1. The van der Waals surface area contributed by atoms with Gasteiger partial charge in [-0.05, 0) is 11.6 Å². The van der Waals surface area contributed by atoms with Gasteiger partial charge in [0, 0.05) is 0 Å². The first kappa shape index (κ1) is 13.3. The first-order valence-electron chi connectivity index (χ1n) is 4.86. The van der Waals surface area contributed by atoms with Crippen LogP contribution >= 0.6 is 0 Å². The predicted molar refractivity (Wildman–Crippen MR) is 58.4 cm³/mol. The zero-order valence-corrected chi connectivity index (χ0v) is 9.14. The summed E-state index contributed by atoms with van der Waals surface area (Å²) in [6.07, 6.45) is -0.0523. The molecule has 1 rings (SSSR count). The molecular formula is C12H12F2O3. The van der Waals surface area contributed by atoms with E-state index >= 15 is 0 Å². The van der Waals surface area contributed by atoms with Crippen molar-refractivity contribution in [3.8, 4) is 0 Å². The van der Waals surface area contributed by atoms with Crippen LogP contribution in [-0.4, -0.2) is 30.2 Å².